The van der Waals surface area contributed by atoms with E-state index in [4.69, 9.17) is 14.0 Å². The van der Waals surface area contributed by atoms with Crippen LogP contribution in [0.3, 0.4) is 0 Å². The number of amides is 2. The van der Waals surface area contributed by atoms with Gasteiger partial charge in [-0.1, -0.05) is 17.3 Å². The standard InChI is InChI=1S/C20H19FN4O5/c1-28-15-8-7-12(11-16(15)29-2)19-22-18(30-25-19)10-9-17(26)23-24-20(27)13-5-3-4-6-14(13)21/h3-8,11H,9-10H2,1-2H3,(H,23,26)(H,24,27). The Balaban J connectivity index is 1.53. The van der Waals surface area contributed by atoms with Crippen LogP contribution in [0.15, 0.2) is 47.0 Å². The van der Waals surface area contributed by atoms with Gasteiger partial charge in [-0.3, -0.25) is 20.4 Å². The average Bonchev–Trinajstić information content (AvgIpc) is 3.25. The molecule has 0 saturated carbocycles. The first-order valence-electron chi connectivity index (χ1n) is 8.90. The highest BCUT2D eigenvalue weighted by Crippen LogP contribution is 2.31. The van der Waals surface area contributed by atoms with Crippen molar-refractivity contribution in [1.29, 1.82) is 0 Å². The van der Waals surface area contributed by atoms with E-state index in [1.165, 1.54) is 32.4 Å². The molecule has 2 aromatic carbocycles. The summed E-state index contributed by atoms with van der Waals surface area (Å²) in [7, 11) is 3.06. The molecule has 156 valence electrons. The zero-order valence-electron chi connectivity index (χ0n) is 16.3. The summed E-state index contributed by atoms with van der Waals surface area (Å²) in [6, 6.07) is 10.6. The van der Waals surface area contributed by atoms with Gasteiger partial charge in [-0.25, -0.2) is 4.39 Å². The highest BCUT2D eigenvalue weighted by Gasteiger charge is 2.15. The molecule has 9 nitrogen and oxygen atoms in total. The molecule has 0 aliphatic carbocycles. The number of nitrogens with zero attached hydrogens (tertiary/aromatic N) is 2. The maximum atomic E-state index is 13.6. The lowest BCUT2D eigenvalue weighted by Crippen LogP contribution is -2.42. The van der Waals surface area contributed by atoms with Crippen molar-refractivity contribution in [2.24, 2.45) is 0 Å². The number of hydrazine groups is 1. The van der Waals surface area contributed by atoms with E-state index in [1.807, 2.05) is 0 Å². The lowest BCUT2D eigenvalue weighted by Gasteiger charge is -2.07. The number of nitrogens with one attached hydrogen (secondary N) is 2. The predicted octanol–water partition coefficient (Wildman–Crippen LogP) is 2.29. The summed E-state index contributed by atoms with van der Waals surface area (Å²) in [4.78, 5) is 28.1. The average molecular weight is 414 g/mol. The summed E-state index contributed by atoms with van der Waals surface area (Å²) in [5.41, 5.74) is 4.86. The van der Waals surface area contributed by atoms with E-state index in [9.17, 15) is 14.0 Å². The van der Waals surface area contributed by atoms with Gasteiger partial charge in [0.05, 0.1) is 19.8 Å². The van der Waals surface area contributed by atoms with Crippen LogP contribution < -0.4 is 20.3 Å². The summed E-state index contributed by atoms with van der Waals surface area (Å²) in [5, 5.41) is 3.89. The first-order valence-corrected chi connectivity index (χ1v) is 8.90. The van der Waals surface area contributed by atoms with Gasteiger partial charge in [0.1, 0.15) is 5.82 Å². The fourth-order valence-corrected chi connectivity index (χ4v) is 2.57. The maximum absolute atomic E-state index is 13.6. The second kappa shape index (κ2) is 9.50. The van der Waals surface area contributed by atoms with E-state index in [2.05, 4.69) is 21.0 Å². The molecule has 30 heavy (non-hydrogen) atoms. The third kappa shape index (κ3) is 4.90. The largest absolute Gasteiger partial charge is 0.493 e. The maximum Gasteiger partial charge on any atom is 0.272 e. The molecule has 10 heteroatoms. The molecular weight excluding hydrogens is 395 g/mol. The van der Waals surface area contributed by atoms with Crippen molar-refractivity contribution in [3.8, 4) is 22.9 Å². The van der Waals surface area contributed by atoms with E-state index >= 15 is 0 Å². The number of aromatic nitrogens is 2. The Morgan fingerprint density at radius 1 is 1.07 bits per heavy atom. The van der Waals surface area contributed by atoms with Crippen LogP contribution in [0.1, 0.15) is 22.7 Å². The molecule has 2 N–H and O–H groups in total. The van der Waals surface area contributed by atoms with E-state index in [0.29, 0.717) is 22.9 Å². The van der Waals surface area contributed by atoms with Crippen molar-refractivity contribution in [2.75, 3.05) is 14.2 Å². The molecule has 3 aromatic rings. The molecule has 0 bridgehead atoms. The summed E-state index contributed by atoms with van der Waals surface area (Å²) < 4.78 is 29.1. The molecule has 0 spiro atoms. The topological polar surface area (TPSA) is 116 Å². The van der Waals surface area contributed by atoms with Crippen molar-refractivity contribution >= 4 is 11.8 Å². The van der Waals surface area contributed by atoms with Crippen LogP contribution in [0, 0.1) is 5.82 Å². The Morgan fingerprint density at radius 3 is 2.57 bits per heavy atom. The minimum atomic E-state index is -0.755. The molecule has 0 radical (unpaired) electrons. The number of ether oxygens (including phenoxy) is 2. The van der Waals surface area contributed by atoms with Gasteiger partial charge in [0.25, 0.3) is 5.91 Å². The van der Waals surface area contributed by atoms with Crippen molar-refractivity contribution < 1.29 is 28.0 Å². The number of methoxy groups -OCH3 is 2. The summed E-state index contributed by atoms with van der Waals surface area (Å²) in [5.74, 6) is -0.265. The van der Waals surface area contributed by atoms with E-state index in [1.54, 1.807) is 18.2 Å². The lowest BCUT2D eigenvalue weighted by atomic mass is 10.2. The van der Waals surface area contributed by atoms with Crippen LogP contribution in [0.25, 0.3) is 11.4 Å². The Morgan fingerprint density at radius 2 is 1.83 bits per heavy atom. The molecule has 3 rings (SSSR count). The predicted molar refractivity (Wildman–Crippen MR) is 103 cm³/mol. The number of rotatable bonds is 7. The molecule has 1 aromatic heterocycles. The Labute approximate surface area is 171 Å². The van der Waals surface area contributed by atoms with Crippen LogP contribution >= 0.6 is 0 Å². The van der Waals surface area contributed by atoms with Crippen LogP contribution in [-0.4, -0.2) is 36.2 Å². The fraction of sp³-hybridized carbons (Fsp3) is 0.200. The quantitative estimate of drug-likeness (QED) is 0.570. The van der Waals surface area contributed by atoms with Gasteiger partial charge in [0.15, 0.2) is 11.5 Å². The Kier molecular flexibility index (Phi) is 6.58. The van der Waals surface area contributed by atoms with Gasteiger partial charge in [0.2, 0.25) is 17.6 Å². The molecule has 0 aliphatic rings. The number of aryl methyl sites for hydroxylation is 1. The minimum Gasteiger partial charge on any atom is -0.493 e. The van der Waals surface area contributed by atoms with Crippen LogP contribution in [-0.2, 0) is 11.2 Å². The first kappa shape index (κ1) is 20.8. The number of hydrogen-bond acceptors (Lipinski definition) is 7. The van der Waals surface area contributed by atoms with Crippen molar-refractivity contribution in [1.82, 2.24) is 21.0 Å². The number of hydrogen-bond donors (Lipinski definition) is 2. The minimum absolute atomic E-state index is 0.0227. The highest BCUT2D eigenvalue weighted by atomic mass is 19.1. The van der Waals surface area contributed by atoms with E-state index < -0.39 is 17.6 Å². The fourth-order valence-electron chi connectivity index (χ4n) is 2.57. The zero-order valence-corrected chi connectivity index (χ0v) is 16.3. The number of carbonyl (C=O) groups excluding carboxylic acids is 2. The van der Waals surface area contributed by atoms with Gasteiger partial charge in [-0.2, -0.15) is 4.98 Å². The Bertz CT molecular complexity index is 1050. The lowest BCUT2D eigenvalue weighted by molar-refractivity contribution is -0.121. The Hall–Kier alpha value is -3.95. The molecule has 0 unspecified atom stereocenters. The summed E-state index contributed by atoms with van der Waals surface area (Å²) in [6.45, 7) is 0. The third-order valence-electron chi connectivity index (χ3n) is 4.11. The molecule has 0 atom stereocenters. The van der Waals surface area contributed by atoms with Crippen molar-refractivity contribution in [2.45, 2.75) is 12.8 Å². The molecule has 2 amide bonds. The molecule has 1 heterocycles. The number of benzene rings is 2. The highest BCUT2D eigenvalue weighted by molar-refractivity contribution is 5.95. The van der Waals surface area contributed by atoms with Crippen molar-refractivity contribution in [3.05, 3.63) is 59.7 Å². The second-order valence-electron chi connectivity index (χ2n) is 6.06. The van der Waals surface area contributed by atoms with Gasteiger partial charge in [0, 0.05) is 18.4 Å². The van der Waals surface area contributed by atoms with Gasteiger partial charge in [-0.15, -0.1) is 0 Å². The van der Waals surface area contributed by atoms with Crippen molar-refractivity contribution in [3.63, 3.8) is 0 Å². The zero-order chi connectivity index (χ0) is 21.5. The third-order valence-corrected chi connectivity index (χ3v) is 4.11. The molecule has 0 saturated heterocycles. The second-order valence-corrected chi connectivity index (χ2v) is 6.06. The smallest absolute Gasteiger partial charge is 0.272 e. The molecule has 0 aliphatic heterocycles. The monoisotopic (exact) mass is 414 g/mol. The van der Waals surface area contributed by atoms with Gasteiger partial charge in [-0.05, 0) is 30.3 Å². The molecular formula is C20H19FN4O5. The summed E-state index contributed by atoms with van der Waals surface area (Å²) >= 11 is 0. The SMILES string of the molecule is COc1ccc(-c2noc(CCC(=O)NNC(=O)c3ccccc3F)n2)cc1OC. The van der Waals surface area contributed by atoms with Crippen LogP contribution in [0.5, 0.6) is 11.5 Å². The normalized spacial score (nSPS) is 10.4. The first-order chi connectivity index (χ1) is 14.5. The van der Waals surface area contributed by atoms with Gasteiger partial charge >= 0.3 is 0 Å². The van der Waals surface area contributed by atoms with Gasteiger partial charge < -0.3 is 14.0 Å². The number of halogens is 1. The molecule has 0 fully saturated rings. The van der Waals surface area contributed by atoms with E-state index in [0.717, 1.165) is 6.07 Å². The number of carbonyl (C=O) groups is 2. The summed E-state index contributed by atoms with van der Waals surface area (Å²) in [6.07, 6.45) is 0.132. The van der Waals surface area contributed by atoms with E-state index in [-0.39, 0.29) is 24.3 Å². The van der Waals surface area contributed by atoms with Crippen LogP contribution in [0.2, 0.25) is 0 Å². The van der Waals surface area contributed by atoms with Crippen LogP contribution in [0.4, 0.5) is 4.39 Å².